The molecule has 0 atom stereocenters. The molecule has 0 spiro atoms. The lowest BCUT2D eigenvalue weighted by Crippen LogP contribution is -2.12. The lowest BCUT2D eigenvalue weighted by molar-refractivity contribution is 0.102. The second-order valence-electron chi connectivity index (χ2n) is 4.43. The average Bonchev–Trinajstić information content (AvgIpc) is 3.01. The van der Waals surface area contributed by atoms with Crippen molar-refractivity contribution in [3.8, 4) is 0 Å². The first-order valence-electron chi connectivity index (χ1n) is 6.45. The highest BCUT2D eigenvalue weighted by Gasteiger charge is 2.13. The highest BCUT2D eigenvalue weighted by molar-refractivity contribution is 7.20. The molecule has 1 aromatic carbocycles. The highest BCUT2D eigenvalue weighted by atomic mass is 32.1. The number of hydrogen-bond donors (Lipinski definition) is 1. The van der Waals surface area contributed by atoms with Gasteiger partial charge in [0.25, 0.3) is 5.91 Å². The van der Waals surface area contributed by atoms with E-state index in [1.165, 1.54) is 35.6 Å². The number of rotatable bonds is 4. The Morgan fingerprint density at radius 3 is 2.81 bits per heavy atom. The molecule has 108 valence electrons. The largest absolute Gasteiger partial charge is 0.296 e. The Bertz CT molecular complexity index is 780. The van der Waals surface area contributed by atoms with Crippen LogP contribution in [0.1, 0.15) is 29.5 Å². The summed E-state index contributed by atoms with van der Waals surface area (Å²) >= 11 is 1.24. The number of anilines is 1. The lowest BCUT2D eigenvalue weighted by atomic mass is 10.2. The third kappa shape index (κ3) is 2.75. The standard InChI is InChI=1S/C13H12FN5OS/c1-2-3-10-16-17-13-19(10)18-12(21-13)15-11(20)8-4-6-9(14)7-5-8/h4-7H,2-3H2,1H3,(H,15,18,20). The molecule has 0 saturated heterocycles. The fraction of sp³-hybridized carbons (Fsp3) is 0.231. The van der Waals surface area contributed by atoms with Gasteiger partial charge in [-0.25, -0.2) is 4.39 Å². The van der Waals surface area contributed by atoms with E-state index in [1.807, 2.05) is 6.92 Å². The van der Waals surface area contributed by atoms with Crippen LogP contribution in [0.4, 0.5) is 9.52 Å². The summed E-state index contributed by atoms with van der Waals surface area (Å²) in [5, 5.41) is 15.5. The molecule has 8 heteroatoms. The first-order chi connectivity index (χ1) is 10.2. The third-order valence-corrected chi connectivity index (χ3v) is 3.67. The van der Waals surface area contributed by atoms with Crippen LogP contribution < -0.4 is 5.32 Å². The van der Waals surface area contributed by atoms with Crippen molar-refractivity contribution in [1.82, 2.24) is 19.8 Å². The van der Waals surface area contributed by atoms with Gasteiger partial charge in [0.05, 0.1) is 0 Å². The molecule has 0 saturated carbocycles. The molecule has 2 heterocycles. The lowest BCUT2D eigenvalue weighted by Gasteiger charge is -2.00. The number of carbonyl (C=O) groups is 1. The van der Waals surface area contributed by atoms with Gasteiger partial charge in [0.1, 0.15) is 5.82 Å². The maximum atomic E-state index is 12.8. The molecule has 3 rings (SSSR count). The van der Waals surface area contributed by atoms with E-state index in [-0.39, 0.29) is 11.7 Å². The molecular formula is C13H12FN5OS. The normalized spacial score (nSPS) is 11.0. The number of fused-ring (bicyclic) bond motifs is 1. The van der Waals surface area contributed by atoms with Gasteiger partial charge in [0, 0.05) is 12.0 Å². The van der Waals surface area contributed by atoms with Crippen molar-refractivity contribution in [3.05, 3.63) is 41.5 Å². The van der Waals surface area contributed by atoms with Crippen LogP contribution in [0, 0.1) is 5.82 Å². The maximum Gasteiger partial charge on any atom is 0.257 e. The predicted molar refractivity (Wildman–Crippen MR) is 77.0 cm³/mol. The van der Waals surface area contributed by atoms with E-state index in [0.29, 0.717) is 15.7 Å². The number of carbonyl (C=O) groups excluding carboxylic acids is 1. The molecule has 21 heavy (non-hydrogen) atoms. The zero-order valence-corrected chi connectivity index (χ0v) is 12.0. The summed E-state index contributed by atoms with van der Waals surface area (Å²) < 4.78 is 14.5. The Hall–Kier alpha value is -2.35. The van der Waals surface area contributed by atoms with Crippen LogP contribution >= 0.6 is 11.3 Å². The summed E-state index contributed by atoms with van der Waals surface area (Å²) in [4.78, 5) is 12.7. The van der Waals surface area contributed by atoms with Gasteiger partial charge in [-0.1, -0.05) is 18.3 Å². The van der Waals surface area contributed by atoms with E-state index in [0.717, 1.165) is 18.7 Å². The molecule has 1 N–H and O–H groups in total. The van der Waals surface area contributed by atoms with Crippen LogP contribution in [-0.2, 0) is 6.42 Å². The van der Waals surface area contributed by atoms with Crippen LogP contribution in [0.15, 0.2) is 24.3 Å². The summed E-state index contributed by atoms with van der Waals surface area (Å²) in [5.41, 5.74) is 0.371. The minimum atomic E-state index is -0.380. The first kappa shape index (κ1) is 13.6. The SMILES string of the molecule is CCCc1nnc2sc(NC(=O)c3ccc(F)cc3)nn12. The summed E-state index contributed by atoms with van der Waals surface area (Å²) in [5.74, 6) is 0.0533. The zero-order chi connectivity index (χ0) is 14.8. The van der Waals surface area contributed by atoms with Crippen LogP contribution in [0.25, 0.3) is 4.96 Å². The molecule has 0 aliphatic heterocycles. The predicted octanol–water partition coefficient (Wildman–Crippen LogP) is 2.53. The smallest absolute Gasteiger partial charge is 0.257 e. The number of aryl methyl sites for hydroxylation is 1. The summed E-state index contributed by atoms with van der Waals surface area (Å²) in [6, 6.07) is 5.33. The molecule has 6 nitrogen and oxygen atoms in total. The molecule has 0 bridgehead atoms. The van der Waals surface area contributed by atoms with Crippen LogP contribution in [0.3, 0.4) is 0 Å². The number of nitrogens with one attached hydrogen (secondary N) is 1. The number of nitrogens with zero attached hydrogens (tertiary/aromatic N) is 4. The van der Waals surface area contributed by atoms with Crippen LogP contribution in [0.2, 0.25) is 0 Å². The molecule has 2 aromatic heterocycles. The van der Waals surface area contributed by atoms with Crippen molar-refractivity contribution in [2.45, 2.75) is 19.8 Å². The third-order valence-electron chi connectivity index (χ3n) is 2.86. The van der Waals surface area contributed by atoms with Gasteiger partial charge in [-0.15, -0.1) is 15.3 Å². The Balaban J connectivity index is 1.81. The number of benzene rings is 1. The molecule has 1 amide bonds. The van der Waals surface area contributed by atoms with Gasteiger partial charge in [-0.3, -0.25) is 10.1 Å². The molecule has 0 aliphatic rings. The molecule has 0 unspecified atom stereocenters. The van der Waals surface area contributed by atoms with Crippen molar-refractivity contribution >= 4 is 27.3 Å². The topological polar surface area (TPSA) is 72.2 Å². The molecular weight excluding hydrogens is 293 g/mol. The van der Waals surface area contributed by atoms with Gasteiger partial charge in [-0.2, -0.15) is 4.52 Å². The van der Waals surface area contributed by atoms with E-state index < -0.39 is 0 Å². The van der Waals surface area contributed by atoms with Crippen LogP contribution in [0.5, 0.6) is 0 Å². The fourth-order valence-corrected chi connectivity index (χ4v) is 2.61. The van der Waals surface area contributed by atoms with Gasteiger partial charge >= 0.3 is 0 Å². The number of amides is 1. The quantitative estimate of drug-likeness (QED) is 0.804. The number of hydrogen-bond acceptors (Lipinski definition) is 5. The zero-order valence-electron chi connectivity index (χ0n) is 11.2. The number of aromatic nitrogens is 4. The summed E-state index contributed by atoms with van der Waals surface area (Å²) in [6.45, 7) is 2.05. The molecule has 0 fully saturated rings. The van der Waals surface area contributed by atoms with E-state index in [9.17, 15) is 9.18 Å². The Labute approximate surface area is 123 Å². The Kier molecular flexibility index (Phi) is 3.61. The van der Waals surface area contributed by atoms with Crippen LogP contribution in [-0.4, -0.2) is 25.7 Å². The second-order valence-corrected chi connectivity index (χ2v) is 5.38. The van der Waals surface area contributed by atoms with Gasteiger partial charge in [0.2, 0.25) is 10.1 Å². The van der Waals surface area contributed by atoms with E-state index in [4.69, 9.17) is 0 Å². The minimum Gasteiger partial charge on any atom is -0.296 e. The van der Waals surface area contributed by atoms with Crippen molar-refractivity contribution in [1.29, 1.82) is 0 Å². The van der Waals surface area contributed by atoms with E-state index in [2.05, 4.69) is 20.6 Å². The maximum absolute atomic E-state index is 12.8. The monoisotopic (exact) mass is 305 g/mol. The Morgan fingerprint density at radius 2 is 2.10 bits per heavy atom. The minimum absolute atomic E-state index is 0.336. The number of halogens is 1. The van der Waals surface area contributed by atoms with Crippen molar-refractivity contribution in [2.24, 2.45) is 0 Å². The van der Waals surface area contributed by atoms with E-state index >= 15 is 0 Å². The molecule has 3 aromatic rings. The first-order valence-corrected chi connectivity index (χ1v) is 7.27. The summed E-state index contributed by atoms with van der Waals surface area (Å²) in [7, 11) is 0. The van der Waals surface area contributed by atoms with Crippen molar-refractivity contribution in [3.63, 3.8) is 0 Å². The average molecular weight is 305 g/mol. The van der Waals surface area contributed by atoms with Gasteiger partial charge in [0.15, 0.2) is 5.82 Å². The molecule has 0 radical (unpaired) electrons. The fourth-order valence-electron chi connectivity index (χ4n) is 1.86. The second kappa shape index (κ2) is 5.57. The highest BCUT2D eigenvalue weighted by Crippen LogP contribution is 2.20. The van der Waals surface area contributed by atoms with Crippen molar-refractivity contribution < 1.29 is 9.18 Å². The van der Waals surface area contributed by atoms with Crippen molar-refractivity contribution in [2.75, 3.05) is 5.32 Å². The van der Waals surface area contributed by atoms with E-state index in [1.54, 1.807) is 4.52 Å². The summed E-state index contributed by atoms with van der Waals surface area (Å²) in [6.07, 6.45) is 1.71. The Morgan fingerprint density at radius 1 is 1.33 bits per heavy atom. The van der Waals surface area contributed by atoms with Gasteiger partial charge in [-0.05, 0) is 30.7 Å². The van der Waals surface area contributed by atoms with Gasteiger partial charge < -0.3 is 0 Å². The molecule has 0 aliphatic carbocycles.